The Labute approximate surface area is 108 Å². The molecule has 2 N–H and O–H groups in total. The van der Waals surface area contributed by atoms with E-state index in [-0.39, 0.29) is 17.9 Å². The highest BCUT2D eigenvalue weighted by atomic mass is 16.3. The van der Waals surface area contributed by atoms with Crippen LogP contribution < -0.4 is 5.32 Å². The summed E-state index contributed by atoms with van der Waals surface area (Å²) in [6.07, 6.45) is 7.02. The van der Waals surface area contributed by atoms with E-state index in [0.29, 0.717) is 19.4 Å². The molecular formula is C14H22N2O2. The van der Waals surface area contributed by atoms with Crippen molar-refractivity contribution in [1.29, 1.82) is 5.26 Å². The summed E-state index contributed by atoms with van der Waals surface area (Å²) in [6, 6.07) is 2.20. The van der Waals surface area contributed by atoms with Crippen molar-refractivity contribution in [3.63, 3.8) is 0 Å². The summed E-state index contributed by atoms with van der Waals surface area (Å²) in [6.45, 7) is 0.517. The average molecular weight is 250 g/mol. The molecule has 4 heteroatoms. The first-order chi connectivity index (χ1) is 8.68. The van der Waals surface area contributed by atoms with Crippen LogP contribution >= 0.6 is 0 Å². The maximum Gasteiger partial charge on any atom is 0.240 e. The first kappa shape index (κ1) is 13.4. The Morgan fingerprint density at radius 2 is 1.94 bits per heavy atom. The Morgan fingerprint density at radius 1 is 1.28 bits per heavy atom. The normalized spacial score (nSPS) is 30.7. The van der Waals surface area contributed by atoms with Gasteiger partial charge in [0.25, 0.3) is 0 Å². The fourth-order valence-corrected chi connectivity index (χ4v) is 3.19. The summed E-state index contributed by atoms with van der Waals surface area (Å²) in [5, 5.41) is 22.0. The predicted molar refractivity (Wildman–Crippen MR) is 67.5 cm³/mol. The lowest BCUT2D eigenvalue weighted by atomic mass is 9.84. The van der Waals surface area contributed by atoms with Crippen molar-refractivity contribution in [2.75, 3.05) is 6.54 Å². The lowest BCUT2D eigenvalue weighted by Gasteiger charge is -2.29. The van der Waals surface area contributed by atoms with Crippen LogP contribution in [0, 0.1) is 22.7 Å². The number of rotatable bonds is 3. The topological polar surface area (TPSA) is 73.1 Å². The van der Waals surface area contributed by atoms with Crippen molar-refractivity contribution in [3.05, 3.63) is 0 Å². The molecule has 0 saturated heterocycles. The number of nitriles is 1. The number of carbonyl (C=O) groups excluding carboxylic acids is 1. The number of hydrogen-bond acceptors (Lipinski definition) is 3. The van der Waals surface area contributed by atoms with E-state index >= 15 is 0 Å². The van der Waals surface area contributed by atoms with E-state index in [0.717, 1.165) is 38.5 Å². The van der Waals surface area contributed by atoms with Gasteiger partial charge in [-0.3, -0.25) is 4.79 Å². The molecule has 0 aromatic carbocycles. The fraction of sp³-hybridized carbons (Fsp3) is 0.857. The van der Waals surface area contributed by atoms with E-state index in [4.69, 9.17) is 0 Å². The zero-order valence-corrected chi connectivity index (χ0v) is 10.8. The smallest absolute Gasteiger partial charge is 0.240 e. The number of amides is 1. The van der Waals surface area contributed by atoms with Crippen LogP contribution in [0.4, 0.5) is 0 Å². The van der Waals surface area contributed by atoms with E-state index in [1.54, 1.807) is 0 Å². The van der Waals surface area contributed by atoms with Gasteiger partial charge in [-0.05, 0) is 25.7 Å². The minimum absolute atomic E-state index is 0.125. The van der Waals surface area contributed by atoms with Crippen LogP contribution in [0.15, 0.2) is 0 Å². The molecule has 2 fully saturated rings. The maximum atomic E-state index is 12.1. The molecule has 2 atom stereocenters. The lowest BCUT2D eigenvalue weighted by molar-refractivity contribution is -0.128. The Bertz CT molecular complexity index is 342. The van der Waals surface area contributed by atoms with Gasteiger partial charge < -0.3 is 10.4 Å². The summed E-state index contributed by atoms with van der Waals surface area (Å²) in [7, 11) is 0. The molecule has 1 amide bonds. The SMILES string of the molecule is N#CC1(C(=O)NCC2CCCCC2O)CCCC1. The van der Waals surface area contributed by atoms with Gasteiger partial charge in [0.2, 0.25) is 5.91 Å². The zero-order valence-electron chi connectivity index (χ0n) is 10.8. The van der Waals surface area contributed by atoms with Gasteiger partial charge in [-0.1, -0.05) is 25.7 Å². The highest BCUT2D eigenvalue weighted by molar-refractivity contribution is 5.85. The summed E-state index contributed by atoms with van der Waals surface area (Å²) in [5.74, 6) is 0.0418. The number of hydrogen-bond donors (Lipinski definition) is 2. The Kier molecular flexibility index (Phi) is 4.23. The van der Waals surface area contributed by atoms with E-state index in [9.17, 15) is 15.2 Å². The number of aliphatic hydroxyl groups excluding tert-OH is 1. The number of carbonyl (C=O) groups is 1. The van der Waals surface area contributed by atoms with Crippen molar-refractivity contribution in [3.8, 4) is 6.07 Å². The molecule has 4 nitrogen and oxygen atoms in total. The molecule has 0 spiro atoms. The molecule has 2 aliphatic carbocycles. The van der Waals surface area contributed by atoms with Gasteiger partial charge in [0.1, 0.15) is 5.41 Å². The van der Waals surface area contributed by atoms with Gasteiger partial charge in [-0.15, -0.1) is 0 Å². The molecule has 0 bridgehead atoms. The third kappa shape index (κ3) is 2.67. The highest BCUT2D eigenvalue weighted by Gasteiger charge is 2.41. The van der Waals surface area contributed by atoms with E-state index in [2.05, 4.69) is 11.4 Å². The van der Waals surface area contributed by atoms with Crippen LogP contribution in [0.1, 0.15) is 51.4 Å². The molecule has 0 heterocycles. The first-order valence-corrected chi connectivity index (χ1v) is 7.05. The molecule has 2 unspecified atom stereocenters. The maximum absolute atomic E-state index is 12.1. The molecular weight excluding hydrogens is 228 g/mol. The summed E-state index contributed by atoms with van der Waals surface area (Å²) < 4.78 is 0. The van der Waals surface area contributed by atoms with Crippen LogP contribution in [0.5, 0.6) is 0 Å². The number of nitrogens with one attached hydrogen (secondary N) is 1. The van der Waals surface area contributed by atoms with Crippen molar-refractivity contribution in [1.82, 2.24) is 5.32 Å². The molecule has 0 radical (unpaired) electrons. The molecule has 18 heavy (non-hydrogen) atoms. The quantitative estimate of drug-likeness (QED) is 0.801. The second-order valence-corrected chi connectivity index (χ2v) is 5.72. The van der Waals surface area contributed by atoms with Crippen LogP contribution in [-0.4, -0.2) is 23.7 Å². The standard InChI is InChI=1S/C14H22N2O2/c15-10-14(7-3-4-8-14)13(18)16-9-11-5-1-2-6-12(11)17/h11-12,17H,1-9H2,(H,16,18). The van der Waals surface area contributed by atoms with Crippen LogP contribution in [0.25, 0.3) is 0 Å². The fourth-order valence-electron chi connectivity index (χ4n) is 3.19. The second-order valence-electron chi connectivity index (χ2n) is 5.72. The largest absolute Gasteiger partial charge is 0.393 e. The monoisotopic (exact) mass is 250 g/mol. The van der Waals surface area contributed by atoms with Gasteiger partial charge >= 0.3 is 0 Å². The first-order valence-electron chi connectivity index (χ1n) is 7.05. The molecule has 2 saturated carbocycles. The van der Waals surface area contributed by atoms with Crippen molar-refractivity contribution in [2.24, 2.45) is 11.3 Å². The highest BCUT2D eigenvalue weighted by Crippen LogP contribution is 2.37. The lowest BCUT2D eigenvalue weighted by Crippen LogP contribution is -2.43. The van der Waals surface area contributed by atoms with E-state index in [1.807, 2.05) is 0 Å². The van der Waals surface area contributed by atoms with Crippen molar-refractivity contribution >= 4 is 5.91 Å². The van der Waals surface area contributed by atoms with Gasteiger partial charge in [0, 0.05) is 12.5 Å². The van der Waals surface area contributed by atoms with Crippen LogP contribution in [0.3, 0.4) is 0 Å². The summed E-state index contributed by atoms with van der Waals surface area (Å²) in [5.41, 5.74) is -0.792. The molecule has 2 aliphatic rings. The van der Waals surface area contributed by atoms with E-state index in [1.165, 1.54) is 0 Å². The van der Waals surface area contributed by atoms with Gasteiger partial charge in [0.05, 0.1) is 12.2 Å². The summed E-state index contributed by atoms with van der Waals surface area (Å²) >= 11 is 0. The predicted octanol–water partition coefficient (Wildman–Crippen LogP) is 1.74. The van der Waals surface area contributed by atoms with Gasteiger partial charge in [-0.25, -0.2) is 0 Å². The Hall–Kier alpha value is -1.08. The minimum atomic E-state index is -0.792. The zero-order chi connectivity index (χ0) is 13.0. The van der Waals surface area contributed by atoms with Crippen molar-refractivity contribution in [2.45, 2.75) is 57.5 Å². The van der Waals surface area contributed by atoms with Crippen molar-refractivity contribution < 1.29 is 9.90 Å². The van der Waals surface area contributed by atoms with Crippen LogP contribution in [0.2, 0.25) is 0 Å². The third-order valence-corrected chi connectivity index (χ3v) is 4.50. The Morgan fingerprint density at radius 3 is 2.56 bits per heavy atom. The molecule has 0 aromatic rings. The average Bonchev–Trinajstić information content (AvgIpc) is 2.87. The van der Waals surface area contributed by atoms with Crippen LogP contribution in [-0.2, 0) is 4.79 Å². The number of nitrogens with zero attached hydrogens (tertiary/aromatic N) is 1. The minimum Gasteiger partial charge on any atom is -0.393 e. The second kappa shape index (κ2) is 5.71. The molecule has 0 aromatic heterocycles. The molecule has 100 valence electrons. The van der Waals surface area contributed by atoms with Gasteiger partial charge in [0.15, 0.2) is 0 Å². The summed E-state index contributed by atoms with van der Waals surface area (Å²) in [4.78, 5) is 12.1. The van der Waals surface area contributed by atoms with E-state index < -0.39 is 5.41 Å². The molecule has 0 aliphatic heterocycles. The Balaban J connectivity index is 1.86. The third-order valence-electron chi connectivity index (χ3n) is 4.50. The van der Waals surface area contributed by atoms with Gasteiger partial charge in [-0.2, -0.15) is 5.26 Å². The molecule has 2 rings (SSSR count). The number of aliphatic hydroxyl groups is 1.